The van der Waals surface area contributed by atoms with Crippen LogP contribution in [0, 0.1) is 20.8 Å². The molecule has 1 heterocycles. The number of ether oxygens (including phenoxy) is 1. The number of carbonyl (C=O) groups is 1. The van der Waals surface area contributed by atoms with Gasteiger partial charge in [-0.3, -0.25) is 9.59 Å². The number of ketones is 1. The summed E-state index contributed by atoms with van der Waals surface area (Å²) in [5.41, 5.74) is 1.52. The lowest BCUT2D eigenvalue weighted by molar-refractivity contribution is -0.128. The number of rotatable bonds is 4. The fraction of sp³-hybridized carbons (Fsp3) is 0.368. The van der Waals surface area contributed by atoms with Crippen molar-refractivity contribution in [3.63, 3.8) is 0 Å². The van der Waals surface area contributed by atoms with Crippen molar-refractivity contribution in [2.24, 2.45) is 0 Å². The smallest absolute Gasteiger partial charge is 0.196 e. The summed E-state index contributed by atoms with van der Waals surface area (Å²) in [6, 6.07) is 0. The number of aromatic amines is 1. The zero-order valence-corrected chi connectivity index (χ0v) is 16.0. The van der Waals surface area contributed by atoms with Gasteiger partial charge in [0.05, 0.1) is 23.0 Å². The highest BCUT2D eigenvalue weighted by Crippen LogP contribution is 2.37. The van der Waals surface area contributed by atoms with Gasteiger partial charge in [-0.25, -0.2) is 0 Å². The number of halogens is 1. The van der Waals surface area contributed by atoms with Gasteiger partial charge in [-0.2, -0.15) is 0 Å². The zero-order chi connectivity index (χ0) is 19.1. The van der Waals surface area contributed by atoms with E-state index in [1.54, 1.807) is 6.92 Å². The van der Waals surface area contributed by atoms with Crippen molar-refractivity contribution in [2.45, 2.75) is 40.2 Å². The molecule has 25 heavy (non-hydrogen) atoms. The molecule has 6 heteroatoms. The molecule has 0 unspecified atom stereocenters. The van der Waals surface area contributed by atoms with Crippen LogP contribution in [0.3, 0.4) is 0 Å². The van der Waals surface area contributed by atoms with Crippen LogP contribution in [0.2, 0.25) is 5.02 Å². The average Bonchev–Trinajstić information content (AvgIpc) is 2.54. The van der Waals surface area contributed by atoms with E-state index in [0.29, 0.717) is 32.9 Å². The van der Waals surface area contributed by atoms with E-state index in [1.165, 1.54) is 33.1 Å². The second-order valence-corrected chi connectivity index (χ2v) is 6.97. The standard InChI is InChI=1S/C19H22ClNO4/c1-9-10(2)16-14(18(25-6)15(9)20)17(23)11(3)12(21-16)7-8-13(22)19(4,5)24/h7-8,24H,1-6H3,(H,21,23). The number of carbonyl (C=O) groups excluding carboxylic acids is 1. The predicted octanol–water partition coefficient (Wildman–Crippen LogP) is 3.47. The zero-order valence-electron chi connectivity index (χ0n) is 15.2. The highest BCUT2D eigenvalue weighted by atomic mass is 35.5. The molecule has 2 rings (SSSR count). The Balaban J connectivity index is 2.80. The van der Waals surface area contributed by atoms with Crippen LogP contribution >= 0.6 is 11.6 Å². The topological polar surface area (TPSA) is 79.4 Å². The fourth-order valence-corrected chi connectivity index (χ4v) is 2.88. The Bertz CT molecular complexity index is 949. The molecule has 134 valence electrons. The Morgan fingerprint density at radius 2 is 1.80 bits per heavy atom. The van der Waals surface area contributed by atoms with Crippen molar-refractivity contribution < 1.29 is 14.6 Å². The number of hydrogen-bond donors (Lipinski definition) is 2. The number of aliphatic hydroxyl groups is 1. The van der Waals surface area contributed by atoms with E-state index >= 15 is 0 Å². The first kappa shape index (κ1) is 19.2. The van der Waals surface area contributed by atoms with Gasteiger partial charge >= 0.3 is 0 Å². The number of H-pyrrole nitrogens is 1. The molecule has 2 aromatic rings. The van der Waals surface area contributed by atoms with Gasteiger partial charge in [0.1, 0.15) is 5.60 Å². The van der Waals surface area contributed by atoms with E-state index < -0.39 is 11.4 Å². The summed E-state index contributed by atoms with van der Waals surface area (Å²) in [6.45, 7) is 8.20. The molecule has 0 aliphatic heterocycles. The third-order valence-corrected chi connectivity index (χ3v) is 4.84. The normalized spacial score (nSPS) is 12.2. The second-order valence-electron chi connectivity index (χ2n) is 6.60. The van der Waals surface area contributed by atoms with Gasteiger partial charge in [0.15, 0.2) is 17.0 Å². The van der Waals surface area contributed by atoms with Crippen LogP contribution < -0.4 is 10.2 Å². The first-order valence-corrected chi connectivity index (χ1v) is 8.22. The quantitative estimate of drug-likeness (QED) is 0.815. The van der Waals surface area contributed by atoms with Gasteiger partial charge in [0.2, 0.25) is 0 Å². The minimum Gasteiger partial charge on any atom is -0.494 e. The van der Waals surface area contributed by atoms with Gasteiger partial charge < -0.3 is 14.8 Å². The number of hydrogen-bond acceptors (Lipinski definition) is 4. The fourth-order valence-electron chi connectivity index (χ4n) is 2.57. The summed E-state index contributed by atoms with van der Waals surface area (Å²) < 4.78 is 5.36. The van der Waals surface area contributed by atoms with Crippen molar-refractivity contribution in [1.82, 2.24) is 4.98 Å². The minimum atomic E-state index is -1.47. The van der Waals surface area contributed by atoms with Crippen LogP contribution in [-0.2, 0) is 4.79 Å². The summed E-state index contributed by atoms with van der Waals surface area (Å²) in [4.78, 5) is 28.0. The molecule has 5 nitrogen and oxygen atoms in total. The van der Waals surface area contributed by atoms with Crippen LogP contribution in [0.15, 0.2) is 10.9 Å². The van der Waals surface area contributed by atoms with E-state index in [-0.39, 0.29) is 5.43 Å². The van der Waals surface area contributed by atoms with Crippen LogP contribution in [0.25, 0.3) is 17.0 Å². The molecule has 0 aliphatic carbocycles. The molecule has 0 atom stereocenters. The Morgan fingerprint density at radius 1 is 1.20 bits per heavy atom. The van der Waals surface area contributed by atoms with Crippen molar-refractivity contribution in [3.8, 4) is 5.75 Å². The van der Waals surface area contributed by atoms with E-state index in [9.17, 15) is 14.7 Å². The Morgan fingerprint density at radius 3 is 2.32 bits per heavy atom. The SMILES string of the molecule is COc1c(Cl)c(C)c(C)c2[nH]c(C=CC(=O)C(C)(C)O)c(C)c(=O)c12. The summed E-state index contributed by atoms with van der Waals surface area (Å²) in [6.07, 6.45) is 2.77. The predicted molar refractivity (Wildman–Crippen MR) is 101 cm³/mol. The van der Waals surface area contributed by atoms with E-state index in [0.717, 1.165) is 11.1 Å². The number of nitrogens with one attached hydrogen (secondary N) is 1. The molecule has 1 aromatic heterocycles. The number of aromatic nitrogens is 1. The lowest BCUT2D eigenvalue weighted by Gasteiger charge is -2.16. The second kappa shape index (κ2) is 6.65. The van der Waals surface area contributed by atoms with E-state index in [1.807, 2.05) is 13.8 Å². The number of aryl methyl sites for hydroxylation is 1. The third kappa shape index (κ3) is 3.34. The van der Waals surface area contributed by atoms with Gasteiger partial charge in [0, 0.05) is 11.3 Å². The Kier molecular flexibility index (Phi) is 5.11. The van der Waals surface area contributed by atoms with Gasteiger partial charge in [-0.05, 0) is 57.9 Å². The van der Waals surface area contributed by atoms with E-state index in [2.05, 4.69) is 4.98 Å². The lowest BCUT2D eigenvalue weighted by atomic mass is 10.00. The first-order valence-electron chi connectivity index (χ1n) is 7.84. The van der Waals surface area contributed by atoms with Crippen molar-refractivity contribution in [3.05, 3.63) is 43.7 Å². The molecule has 0 aliphatic rings. The molecule has 0 saturated heterocycles. The molecular formula is C19H22ClNO4. The molecule has 0 saturated carbocycles. The molecule has 0 spiro atoms. The van der Waals surface area contributed by atoms with Gasteiger partial charge in [0.25, 0.3) is 0 Å². The number of methoxy groups -OCH3 is 1. The summed E-state index contributed by atoms with van der Waals surface area (Å²) in [5.74, 6) is -0.110. The molecule has 1 aromatic carbocycles. The highest BCUT2D eigenvalue weighted by molar-refractivity contribution is 6.34. The summed E-state index contributed by atoms with van der Waals surface area (Å²) in [5, 5.41) is 10.5. The first-order chi connectivity index (χ1) is 11.5. The largest absolute Gasteiger partial charge is 0.494 e. The maximum Gasteiger partial charge on any atom is 0.196 e. The number of benzene rings is 1. The Hall–Kier alpha value is -2.11. The molecule has 0 fully saturated rings. The maximum absolute atomic E-state index is 12.9. The molecule has 0 radical (unpaired) electrons. The average molecular weight is 364 g/mol. The molecule has 0 bridgehead atoms. The monoisotopic (exact) mass is 363 g/mol. The van der Waals surface area contributed by atoms with Crippen molar-refractivity contribution in [2.75, 3.05) is 7.11 Å². The molecular weight excluding hydrogens is 342 g/mol. The van der Waals surface area contributed by atoms with Crippen LogP contribution in [0.5, 0.6) is 5.75 Å². The third-order valence-electron chi connectivity index (χ3n) is 4.38. The number of pyridine rings is 1. The van der Waals surface area contributed by atoms with Crippen molar-refractivity contribution >= 4 is 34.4 Å². The summed E-state index contributed by atoms with van der Waals surface area (Å²) >= 11 is 6.33. The van der Waals surface area contributed by atoms with E-state index in [4.69, 9.17) is 16.3 Å². The molecule has 0 amide bonds. The number of fused-ring (bicyclic) bond motifs is 1. The van der Waals surface area contributed by atoms with Crippen LogP contribution in [0.4, 0.5) is 0 Å². The maximum atomic E-state index is 12.9. The summed E-state index contributed by atoms with van der Waals surface area (Å²) in [7, 11) is 1.47. The molecule has 2 N–H and O–H groups in total. The van der Waals surface area contributed by atoms with Gasteiger partial charge in [-0.1, -0.05) is 11.6 Å². The van der Waals surface area contributed by atoms with Crippen molar-refractivity contribution in [1.29, 1.82) is 0 Å². The van der Waals surface area contributed by atoms with Crippen LogP contribution in [-0.4, -0.2) is 28.6 Å². The van der Waals surface area contributed by atoms with Gasteiger partial charge in [-0.15, -0.1) is 0 Å². The van der Waals surface area contributed by atoms with Crippen LogP contribution in [0.1, 0.15) is 36.2 Å². The Labute approximate surface area is 151 Å². The lowest BCUT2D eigenvalue weighted by Crippen LogP contribution is -2.29. The highest BCUT2D eigenvalue weighted by Gasteiger charge is 2.22. The minimum absolute atomic E-state index is 0.217.